The number of methoxy groups -OCH3 is 1. The number of ether oxygens (including phenoxy) is 2. The summed E-state index contributed by atoms with van der Waals surface area (Å²) in [6, 6.07) is 3.63. The van der Waals surface area contributed by atoms with Gasteiger partial charge >= 0.3 is 5.97 Å². The molecule has 2 heterocycles. The lowest BCUT2D eigenvalue weighted by Gasteiger charge is -2.08. The third-order valence-electron chi connectivity index (χ3n) is 3.05. The molecule has 7 heteroatoms. The van der Waals surface area contributed by atoms with Crippen LogP contribution in [0.2, 0.25) is 0 Å². The molecule has 0 aliphatic rings. The van der Waals surface area contributed by atoms with Crippen molar-refractivity contribution >= 4 is 5.97 Å². The zero-order chi connectivity index (χ0) is 15.2. The van der Waals surface area contributed by atoms with Gasteiger partial charge in [-0.15, -0.1) is 0 Å². The zero-order valence-electron chi connectivity index (χ0n) is 12.6. The molecule has 0 aromatic carbocycles. The Kier molecular flexibility index (Phi) is 5.10. The average Bonchev–Trinajstić information content (AvgIpc) is 3.11. The van der Waals surface area contributed by atoms with Gasteiger partial charge in [-0.25, -0.2) is 4.79 Å². The van der Waals surface area contributed by atoms with Crippen molar-refractivity contribution in [2.75, 3.05) is 20.3 Å². The Bertz CT molecular complexity index is 603. The highest BCUT2D eigenvalue weighted by atomic mass is 16.5. The maximum Gasteiger partial charge on any atom is 0.358 e. The third-order valence-corrected chi connectivity index (χ3v) is 3.05. The highest BCUT2D eigenvalue weighted by Crippen LogP contribution is 2.21. The molecule has 2 rings (SSSR count). The fourth-order valence-corrected chi connectivity index (χ4v) is 2.08. The van der Waals surface area contributed by atoms with E-state index in [0.29, 0.717) is 25.5 Å². The summed E-state index contributed by atoms with van der Waals surface area (Å²) in [5.74, 6) is -0.419. The van der Waals surface area contributed by atoms with Crippen molar-refractivity contribution in [3.63, 3.8) is 0 Å². The van der Waals surface area contributed by atoms with E-state index in [0.717, 1.165) is 17.9 Å². The van der Waals surface area contributed by atoms with E-state index in [1.165, 1.54) is 0 Å². The maximum atomic E-state index is 11.9. The molecule has 2 aromatic rings. The summed E-state index contributed by atoms with van der Waals surface area (Å²) >= 11 is 0. The predicted molar refractivity (Wildman–Crippen MR) is 77.0 cm³/mol. The van der Waals surface area contributed by atoms with Crippen LogP contribution in [-0.2, 0) is 22.6 Å². The lowest BCUT2D eigenvalue weighted by atomic mass is 10.2. The first-order valence-electron chi connectivity index (χ1n) is 6.97. The topological polar surface area (TPSA) is 71.2 Å². The second kappa shape index (κ2) is 7.03. The summed E-state index contributed by atoms with van der Waals surface area (Å²) in [5, 5.41) is 8.57. The molecule has 0 spiro atoms. The van der Waals surface area contributed by atoms with Crippen molar-refractivity contribution in [2.45, 2.75) is 26.9 Å². The first kappa shape index (κ1) is 15.2. The Labute approximate surface area is 123 Å². The van der Waals surface area contributed by atoms with Crippen LogP contribution >= 0.6 is 0 Å². The summed E-state index contributed by atoms with van der Waals surface area (Å²) in [7, 11) is 1.63. The number of esters is 1. The van der Waals surface area contributed by atoms with E-state index in [4.69, 9.17) is 9.47 Å². The fourth-order valence-electron chi connectivity index (χ4n) is 2.08. The number of carbonyl (C=O) groups excluding carboxylic acids is 1. The molecular formula is C14H20N4O3. The zero-order valence-corrected chi connectivity index (χ0v) is 12.6. The molecule has 114 valence electrons. The van der Waals surface area contributed by atoms with E-state index in [2.05, 4.69) is 10.2 Å². The second-order valence-electron chi connectivity index (χ2n) is 4.38. The van der Waals surface area contributed by atoms with Crippen molar-refractivity contribution in [1.82, 2.24) is 19.6 Å². The highest BCUT2D eigenvalue weighted by Gasteiger charge is 2.18. The minimum absolute atomic E-state index is 0.298. The Balaban J connectivity index is 2.39. The largest absolute Gasteiger partial charge is 0.461 e. The van der Waals surface area contributed by atoms with Gasteiger partial charge in [0.2, 0.25) is 0 Å². The smallest absolute Gasteiger partial charge is 0.358 e. The normalized spacial score (nSPS) is 10.8. The molecule has 0 saturated carbocycles. The first-order valence-corrected chi connectivity index (χ1v) is 6.97. The standard InChI is InChI=1S/C14H20N4O3/c1-4-17-12(6-7-15-17)13-10-11(14(19)21-5-2)16-18(13)8-9-20-3/h6-7,10H,4-5,8-9H2,1-3H3. The van der Waals surface area contributed by atoms with E-state index < -0.39 is 5.97 Å². The number of carbonyl (C=O) groups is 1. The highest BCUT2D eigenvalue weighted by molar-refractivity contribution is 5.88. The molecule has 0 N–H and O–H groups in total. The molecule has 21 heavy (non-hydrogen) atoms. The van der Waals surface area contributed by atoms with Crippen molar-refractivity contribution < 1.29 is 14.3 Å². The predicted octanol–water partition coefficient (Wildman–Crippen LogP) is 1.59. The molecule has 0 radical (unpaired) electrons. The summed E-state index contributed by atoms with van der Waals surface area (Å²) < 4.78 is 13.7. The van der Waals surface area contributed by atoms with Crippen LogP contribution in [0.5, 0.6) is 0 Å². The fraction of sp³-hybridized carbons (Fsp3) is 0.500. The summed E-state index contributed by atoms with van der Waals surface area (Å²) in [5.41, 5.74) is 2.04. The van der Waals surface area contributed by atoms with Crippen LogP contribution in [0.15, 0.2) is 18.3 Å². The number of hydrogen-bond donors (Lipinski definition) is 0. The summed E-state index contributed by atoms with van der Waals surface area (Å²) in [6.07, 6.45) is 1.73. The van der Waals surface area contributed by atoms with E-state index in [-0.39, 0.29) is 0 Å². The third kappa shape index (κ3) is 3.30. The molecule has 0 aliphatic heterocycles. The molecular weight excluding hydrogens is 272 g/mol. The molecule has 0 unspecified atom stereocenters. The van der Waals surface area contributed by atoms with E-state index in [1.54, 1.807) is 31.0 Å². The van der Waals surface area contributed by atoms with E-state index in [9.17, 15) is 4.79 Å². The van der Waals surface area contributed by atoms with Crippen molar-refractivity contribution in [2.24, 2.45) is 0 Å². The lowest BCUT2D eigenvalue weighted by Crippen LogP contribution is -2.11. The van der Waals surface area contributed by atoms with Crippen molar-refractivity contribution in [3.8, 4) is 11.4 Å². The molecule has 0 amide bonds. The Hall–Kier alpha value is -2.15. The molecule has 2 aromatic heterocycles. The minimum atomic E-state index is -0.419. The quantitative estimate of drug-likeness (QED) is 0.725. The number of nitrogens with zero attached hydrogens (tertiary/aromatic N) is 4. The average molecular weight is 292 g/mol. The van der Waals surface area contributed by atoms with Gasteiger partial charge in [0.1, 0.15) is 0 Å². The van der Waals surface area contributed by atoms with Gasteiger partial charge in [-0.2, -0.15) is 10.2 Å². The molecule has 0 aliphatic carbocycles. The lowest BCUT2D eigenvalue weighted by molar-refractivity contribution is 0.0518. The van der Waals surface area contributed by atoms with Gasteiger partial charge in [-0.1, -0.05) is 0 Å². The monoisotopic (exact) mass is 292 g/mol. The van der Waals surface area contributed by atoms with Crippen LogP contribution in [-0.4, -0.2) is 45.9 Å². The summed E-state index contributed by atoms with van der Waals surface area (Å²) in [4.78, 5) is 11.9. The van der Waals surface area contributed by atoms with Crippen LogP contribution in [0.1, 0.15) is 24.3 Å². The molecule has 0 atom stereocenters. The van der Waals surface area contributed by atoms with Crippen molar-refractivity contribution in [3.05, 3.63) is 24.0 Å². The van der Waals surface area contributed by atoms with Crippen LogP contribution in [0, 0.1) is 0 Å². The molecule has 7 nitrogen and oxygen atoms in total. The van der Waals surface area contributed by atoms with Crippen LogP contribution in [0.4, 0.5) is 0 Å². The van der Waals surface area contributed by atoms with Gasteiger partial charge in [0.25, 0.3) is 0 Å². The molecule has 0 bridgehead atoms. The Morgan fingerprint density at radius 2 is 2.10 bits per heavy atom. The summed E-state index contributed by atoms with van der Waals surface area (Å²) in [6.45, 7) is 5.92. The maximum absolute atomic E-state index is 11.9. The van der Waals surface area contributed by atoms with Gasteiger partial charge < -0.3 is 9.47 Å². The molecule has 0 fully saturated rings. The minimum Gasteiger partial charge on any atom is -0.461 e. The first-order chi connectivity index (χ1) is 10.2. The van der Waals surface area contributed by atoms with Gasteiger partial charge in [0.15, 0.2) is 5.69 Å². The van der Waals surface area contributed by atoms with E-state index in [1.807, 2.05) is 17.7 Å². The van der Waals surface area contributed by atoms with Crippen molar-refractivity contribution in [1.29, 1.82) is 0 Å². The second-order valence-corrected chi connectivity index (χ2v) is 4.38. The van der Waals surface area contributed by atoms with E-state index >= 15 is 0 Å². The van der Waals surface area contributed by atoms with Gasteiger partial charge in [-0.3, -0.25) is 9.36 Å². The van der Waals surface area contributed by atoms with Gasteiger partial charge in [-0.05, 0) is 19.9 Å². The SMILES string of the molecule is CCOC(=O)c1cc(-c2ccnn2CC)n(CCOC)n1. The Morgan fingerprint density at radius 3 is 2.76 bits per heavy atom. The van der Waals surface area contributed by atoms with Crippen LogP contribution in [0.3, 0.4) is 0 Å². The number of hydrogen-bond acceptors (Lipinski definition) is 5. The number of rotatable bonds is 7. The van der Waals surface area contributed by atoms with Gasteiger partial charge in [0, 0.05) is 25.9 Å². The molecule has 0 saturated heterocycles. The van der Waals surface area contributed by atoms with Gasteiger partial charge in [0.05, 0.1) is 31.1 Å². The number of aromatic nitrogens is 4. The Morgan fingerprint density at radius 1 is 1.29 bits per heavy atom. The van der Waals surface area contributed by atoms with Crippen LogP contribution in [0.25, 0.3) is 11.4 Å². The number of aryl methyl sites for hydroxylation is 1. The van der Waals surface area contributed by atoms with Crippen LogP contribution < -0.4 is 0 Å².